The summed E-state index contributed by atoms with van der Waals surface area (Å²) in [4.78, 5) is 9.91. The van der Waals surface area contributed by atoms with Crippen LogP contribution in [0.4, 0.5) is 0 Å². The van der Waals surface area contributed by atoms with Crippen molar-refractivity contribution in [2.45, 2.75) is 70.8 Å². The van der Waals surface area contributed by atoms with Crippen LogP contribution in [0.3, 0.4) is 0 Å². The Bertz CT molecular complexity index is 1350. The van der Waals surface area contributed by atoms with Gasteiger partial charge in [0.25, 0.3) is 0 Å². The fourth-order valence-corrected chi connectivity index (χ4v) is 9.40. The Balaban J connectivity index is 1.27. The van der Waals surface area contributed by atoms with Crippen molar-refractivity contribution >= 4 is 16.8 Å². The van der Waals surface area contributed by atoms with E-state index in [4.69, 9.17) is 21.1 Å². The summed E-state index contributed by atoms with van der Waals surface area (Å²) in [6.07, 6.45) is 18.0. The molecule has 0 radical (unpaired) electrons. The Kier molecular flexibility index (Phi) is 4.22. The molecule has 2 aromatic heterocycles. The highest BCUT2D eigenvalue weighted by molar-refractivity contribution is 5.79. The second-order valence-electron chi connectivity index (χ2n) is 12.2. The fraction of sp³-hybridized carbons (Fsp3) is 0.600. The van der Waals surface area contributed by atoms with E-state index in [0.29, 0.717) is 17.3 Å². The summed E-state index contributed by atoms with van der Waals surface area (Å²) in [6, 6.07) is 8.40. The summed E-state index contributed by atoms with van der Waals surface area (Å²) in [5, 5.41) is 0. The molecule has 7 atom stereocenters. The number of benzene rings is 1. The van der Waals surface area contributed by atoms with E-state index in [0.717, 1.165) is 47.9 Å². The summed E-state index contributed by atoms with van der Waals surface area (Å²) >= 11 is 0. The van der Waals surface area contributed by atoms with Crippen LogP contribution in [-0.4, -0.2) is 27.1 Å². The molecule has 1 aromatic carbocycles. The topological polar surface area (TPSA) is 39.4 Å². The Hall–Kier alpha value is -2.38. The van der Waals surface area contributed by atoms with Crippen molar-refractivity contribution in [3.63, 3.8) is 0 Å². The molecule has 4 unspecified atom stereocenters. The number of hydrogen-bond acceptors (Lipinski definition) is 3. The number of para-hydroxylation sites is 2. The number of hydrogen-bond donors (Lipinski definition) is 0. The first-order valence-electron chi connectivity index (χ1n) is 13.2. The molecule has 2 heterocycles. The van der Waals surface area contributed by atoms with Crippen molar-refractivity contribution < 1.29 is 4.74 Å². The highest BCUT2D eigenvalue weighted by Crippen LogP contribution is 2.68. The van der Waals surface area contributed by atoms with Gasteiger partial charge in [-0.3, -0.25) is 4.40 Å². The number of aromatic nitrogens is 3. The number of ether oxygens (including phenoxy) is 1. The van der Waals surface area contributed by atoms with E-state index in [1.807, 2.05) is 7.11 Å². The lowest BCUT2D eigenvalue weighted by molar-refractivity contribution is -0.136. The Labute approximate surface area is 202 Å². The summed E-state index contributed by atoms with van der Waals surface area (Å²) in [5.41, 5.74) is 4.97. The molecule has 7 rings (SSSR count). The lowest BCUT2D eigenvalue weighted by atomic mass is 9.44. The van der Waals surface area contributed by atoms with E-state index < -0.39 is 0 Å². The molecule has 0 amide bonds. The molecule has 3 fully saturated rings. The normalized spacial score (nSPS) is 40.9. The maximum Gasteiger partial charge on any atom is 0.235 e. The van der Waals surface area contributed by atoms with Crippen molar-refractivity contribution in [1.29, 1.82) is 0 Å². The highest BCUT2D eigenvalue weighted by atomic mass is 16.5. The number of fused-ring (bicyclic) bond motifs is 9. The molecular formula is C30H35N3O. The van der Waals surface area contributed by atoms with Crippen LogP contribution >= 0.6 is 0 Å². The fourth-order valence-electron chi connectivity index (χ4n) is 9.40. The molecule has 4 aliphatic carbocycles. The first kappa shape index (κ1) is 20.9. The first-order valence-corrected chi connectivity index (χ1v) is 13.2. The molecule has 0 N–H and O–H groups in total. The van der Waals surface area contributed by atoms with Gasteiger partial charge in [-0.25, -0.2) is 9.97 Å². The zero-order valence-corrected chi connectivity index (χ0v) is 20.7. The molecule has 0 bridgehead atoms. The van der Waals surface area contributed by atoms with E-state index in [1.165, 1.54) is 43.4 Å². The summed E-state index contributed by atoms with van der Waals surface area (Å²) in [5.74, 6) is 6.90. The highest BCUT2D eigenvalue weighted by Gasteiger charge is 2.65. The molecule has 176 valence electrons. The van der Waals surface area contributed by atoms with E-state index >= 15 is 0 Å². The number of rotatable bonds is 1. The predicted molar refractivity (Wildman–Crippen MR) is 134 cm³/mol. The third-order valence-corrected chi connectivity index (χ3v) is 11.2. The van der Waals surface area contributed by atoms with Crippen LogP contribution < -0.4 is 0 Å². The van der Waals surface area contributed by atoms with Crippen molar-refractivity contribution in [2.24, 2.45) is 34.5 Å². The van der Waals surface area contributed by atoms with Gasteiger partial charge in [-0.05, 0) is 98.1 Å². The molecule has 3 saturated carbocycles. The second kappa shape index (κ2) is 6.85. The lowest BCUT2D eigenvalue weighted by Crippen LogP contribution is -2.57. The maximum atomic E-state index is 6.11. The van der Waals surface area contributed by atoms with Crippen LogP contribution in [0.15, 0.2) is 30.5 Å². The molecule has 0 spiro atoms. The maximum absolute atomic E-state index is 6.11. The van der Waals surface area contributed by atoms with E-state index in [1.54, 1.807) is 0 Å². The molecular weight excluding hydrogens is 418 g/mol. The summed E-state index contributed by atoms with van der Waals surface area (Å²) in [7, 11) is 1.84. The van der Waals surface area contributed by atoms with Crippen molar-refractivity contribution in [3.8, 4) is 12.3 Å². The minimum absolute atomic E-state index is 0.108. The summed E-state index contributed by atoms with van der Waals surface area (Å²) in [6.45, 7) is 5.05. The Morgan fingerprint density at radius 3 is 2.71 bits per heavy atom. The minimum atomic E-state index is -0.377. The predicted octanol–water partition coefficient (Wildman–Crippen LogP) is 5.86. The third kappa shape index (κ3) is 2.44. The van der Waals surface area contributed by atoms with Gasteiger partial charge in [-0.1, -0.05) is 31.9 Å². The van der Waals surface area contributed by atoms with Crippen LogP contribution in [0, 0.1) is 46.8 Å². The molecule has 0 aliphatic heterocycles. The molecule has 34 heavy (non-hydrogen) atoms. The van der Waals surface area contributed by atoms with Crippen LogP contribution in [0.2, 0.25) is 0 Å². The first-order chi connectivity index (χ1) is 16.4. The standard InChI is InChI=1S/C30H35N3O/c1-5-30(34-4)15-13-23-21-11-10-20-16-25-19(17-28(20,2)22(21)12-14-29(23,30)3)18-33-26-9-7-6-8-24(26)31-27(33)32-25/h1,6-9,18,20-23H,10-17H2,2-4H3/t20?,21?,22?,23?,28-,29-,30-/m0/s1. The molecule has 0 saturated heterocycles. The molecule has 4 heteroatoms. The van der Waals surface area contributed by atoms with Gasteiger partial charge < -0.3 is 4.74 Å². The Morgan fingerprint density at radius 2 is 1.88 bits per heavy atom. The third-order valence-electron chi connectivity index (χ3n) is 11.2. The van der Waals surface area contributed by atoms with Crippen molar-refractivity contribution in [3.05, 3.63) is 41.7 Å². The molecule has 4 aliphatic rings. The van der Waals surface area contributed by atoms with Gasteiger partial charge in [0, 0.05) is 24.4 Å². The molecule has 4 nitrogen and oxygen atoms in total. The van der Waals surface area contributed by atoms with Crippen LogP contribution in [0.25, 0.3) is 16.8 Å². The quantitative estimate of drug-likeness (QED) is 0.433. The Morgan fingerprint density at radius 1 is 1.06 bits per heavy atom. The average molecular weight is 454 g/mol. The largest absolute Gasteiger partial charge is 0.365 e. The van der Waals surface area contributed by atoms with Crippen molar-refractivity contribution in [2.75, 3.05) is 7.11 Å². The van der Waals surface area contributed by atoms with E-state index in [9.17, 15) is 0 Å². The average Bonchev–Trinajstić information content (AvgIpc) is 3.35. The van der Waals surface area contributed by atoms with Gasteiger partial charge in [-0.15, -0.1) is 6.42 Å². The van der Waals surface area contributed by atoms with Gasteiger partial charge in [0.15, 0.2) is 0 Å². The van der Waals surface area contributed by atoms with Crippen molar-refractivity contribution in [1.82, 2.24) is 14.4 Å². The lowest BCUT2D eigenvalue weighted by Gasteiger charge is -2.61. The smallest absolute Gasteiger partial charge is 0.235 e. The number of methoxy groups -OCH3 is 1. The van der Waals surface area contributed by atoms with Gasteiger partial charge >= 0.3 is 0 Å². The van der Waals surface area contributed by atoms with Gasteiger partial charge in [0.2, 0.25) is 5.78 Å². The zero-order valence-electron chi connectivity index (χ0n) is 20.7. The van der Waals surface area contributed by atoms with Crippen LogP contribution in [0.5, 0.6) is 0 Å². The minimum Gasteiger partial charge on any atom is -0.365 e. The number of terminal acetylenes is 1. The van der Waals surface area contributed by atoms with E-state index in [-0.39, 0.29) is 11.0 Å². The van der Waals surface area contributed by atoms with Gasteiger partial charge in [-0.2, -0.15) is 0 Å². The SMILES string of the molecule is C#C[C@]1(OC)CCC2C3CCC4Cc5nc6nc7ccccc7n6cc5C[C@]4(C)C3CC[C@@]21C. The van der Waals surface area contributed by atoms with Crippen LogP contribution in [-0.2, 0) is 17.6 Å². The number of nitrogens with zero attached hydrogens (tertiary/aromatic N) is 3. The van der Waals surface area contributed by atoms with Crippen LogP contribution in [0.1, 0.15) is 63.6 Å². The second-order valence-corrected chi connectivity index (χ2v) is 12.2. The van der Waals surface area contributed by atoms with E-state index in [2.05, 4.69) is 54.6 Å². The van der Waals surface area contributed by atoms with Gasteiger partial charge in [0.1, 0.15) is 5.60 Å². The zero-order chi connectivity index (χ0) is 23.3. The molecule has 3 aromatic rings. The van der Waals surface area contributed by atoms with Gasteiger partial charge in [0.05, 0.1) is 11.0 Å². The summed E-state index contributed by atoms with van der Waals surface area (Å²) < 4.78 is 8.31. The monoisotopic (exact) mass is 453 g/mol. The number of imidazole rings is 1.